The highest BCUT2D eigenvalue weighted by molar-refractivity contribution is 5.81. The Labute approximate surface area is 106 Å². The van der Waals surface area contributed by atoms with Crippen LogP contribution in [0.25, 0.3) is 0 Å². The first kappa shape index (κ1) is 11.7. The van der Waals surface area contributed by atoms with E-state index in [1.165, 1.54) is 12.1 Å². The van der Waals surface area contributed by atoms with Crippen LogP contribution < -0.4 is 0 Å². The molecule has 0 N–H and O–H groups in total. The predicted molar refractivity (Wildman–Crippen MR) is 64.4 cm³/mol. The van der Waals surface area contributed by atoms with Crippen molar-refractivity contribution in [3.63, 3.8) is 0 Å². The van der Waals surface area contributed by atoms with Crippen molar-refractivity contribution in [1.82, 2.24) is 4.90 Å². The van der Waals surface area contributed by atoms with Gasteiger partial charge in [-0.25, -0.2) is 4.39 Å². The molecule has 0 spiro atoms. The summed E-state index contributed by atoms with van der Waals surface area (Å²) in [5.41, 5.74) is 0.935. The number of hydrogen-bond acceptors (Lipinski definition) is 2. The van der Waals surface area contributed by atoms with Gasteiger partial charge in [0.2, 0.25) is 5.91 Å². The van der Waals surface area contributed by atoms with Crippen molar-refractivity contribution in [3.05, 3.63) is 35.6 Å². The number of benzene rings is 1. The number of amides is 1. The molecule has 0 radical (unpaired) electrons. The first-order valence-corrected chi connectivity index (χ1v) is 6.40. The van der Waals surface area contributed by atoms with Gasteiger partial charge in [-0.2, -0.15) is 0 Å². The van der Waals surface area contributed by atoms with Gasteiger partial charge in [0.05, 0.1) is 13.2 Å². The maximum Gasteiger partial charge on any atom is 0.225 e. The number of rotatable bonds is 2. The van der Waals surface area contributed by atoms with Crippen LogP contribution in [-0.4, -0.2) is 30.5 Å². The third-order valence-electron chi connectivity index (χ3n) is 3.55. The Bertz CT molecular complexity index is 442. The second kappa shape index (κ2) is 4.69. The molecule has 96 valence electrons. The molecule has 1 aromatic carbocycles. The molecule has 0 aromatic heterocycles. The molecule has 0 bridgehead atoms. The molecule has 3 nitrogen and oxygen atoms in total. The van der Waals surface area contributed by atoms with E-state index in [0.717, 1.165) is 18.4 Å². The summed E-state index contributed by atoms with van der Waals surface area (Å²) in [5, 5.41) is 0. The van der Waals surface area contributed by atoms with Crippen molar-refractivity contribution in [1.29, 1.82) is 0 Å². The molecule has 1 aliphatic carbocycles. The molecule has 1 amide bonds. The Hall–Kier alpha value is -1.42. The standard InChI is InChI=1S/C14H16FNO2/c15-12-5-3-10(4-6-12)13-9-16(7-8-18-13)14(17)11-1-2-11/h3-6,11,13H,1-2,7-9H2. The van der Waals surface area contributed by atoms with Crippen molar-refractivity contribution >= 4 is 5.91 Å². The summed E-state index contributed by atoms with van der Waals surface area (Å²) in [6.07, 6.45) is 1.93. The number of morpholine rings is 1. The Morgan fingerprint density at radius 3 is 2.67 bits per heavy atom. The minimum absolute atomic E-state index is 0.123. The average Bonchev–Trinajstić information content (AvgIpc) is 3.23. The van der Waals surface area contributed by atoms with Gasteiger partial charge in [0, 0.05) is 12.5 Å². The zero-order valence-electron chi connectivity index (χ0n) is 10.1. The Balaban J connectivity index is 1.69. The van der Waals surface area contributed by atoms with E-state index in [-0.39, 0.29) is 23.7 Å². The largest absolute Gasteiger partial charge is 0.370 e. The van der Waals surface area contributed by atoms with Gasteiger partial charge in [-0.05, 0) is 30.5 Å². The molecular weight excluding hydrogens is 233 g/mol. The van der Waals surface area contributed by atoms with E-state index in [2.05, 4.69) is 0 Å². The fourth-order valence-corrected chi connectivity index (χ4v) is 2.32. The molecule has 18 heavy (non-hydrogen) atoms. The highest BCUT2D eigenvalue weighted by Gasteiger charge is 2.35. The second-order valence-electron chi connectivity index (χ2n) is 4.97. The van der Waals surface area contributed by atoms with Crippen LogP contribution in [0.2, 0.25) is 0 Å². The number of ether oxygens (including phenoxy) is 1. The predicted octanol–water partition coefficient (Wildman–Crippen LogP) is 2.14. The van der Waals surface area contributed by atoms with Gasteiger partial charge in [0.15, 0.2) is 0 Å². The summed E-state index contributed by atoms with van der Waals surface area (Å²) in [7, 11) is 0. The first-order chi connectivity index (χ1) is 8.74. The van der Waals surface area contributed by atoms with E-state index in [1.54, 1.807) is 12.1 Å². The van der Waals surface area contributed by atoms with Crippen LogP contribution >= 0.6 is 0 Å². The normalized spacial score (nSPS) is 24.1. The molecule has 1 aliphatic heterocycles. The van der Waals surface area contributed by atoms with Gasteiger partial charge in [-0.3, -0.25) is 4.79 Å². The summed E-state index contributed by atoms with van der Waals surface area (Å²) < 4.78 is 18.5. The lowest BCUT2D eigenvalue weighted by Gasteiger charge is -2.33. The number of nitrogens with zero attached hydrogens (tertiary/aromatic N) is 1. The van der Waals surface area contributed by atoms with E-state index in [0.29, 0.717) is 19.7 Å². The van der Waals surface area contributed by atoms with Crippen molar-refractivity contribution < 1.29 is 13.9 Å². The van der Waals surface area contributed by atoms with Crippen molar-refractivity contribution in [2.24, 2.45) is 5.92 Å². The lowest BCUT2D eigenvalue weighted by molar-refractivity contribution is -0.140. The van der Waals surface area contributed by atoms with Crippen LogP contribution in [0.15, 0.2) is 24.3 Å². The van der Waals surface area contributed by atoms with E-state index in [1.807, 2.05) is 4.90 Å². The maximum absolute atomic E-state index is 12.9. The number of hydrogen-bond donors (Lipinski definition) is 0. The molecule has 1 atom stereocenters. The topological polar surface area (TPSA) is 29.5 Å². The van der Waals surface area contributed by atoms with Crippen LogP contribution in [0, 0.1) is 11.7 Å². The van der Waals surface area contributed by atoms with Gasteiger partial charge in [0.25, 0.3) is 0 Å². The summed E-state index contributed by atoms with van der Waals surface area (Å²) in [6.45, 7) is 1.81. The molecule has 4 heteroatoms. The van der Waals surface area contributed by atoms with Gasteiger partial charge < -0.3 is 9.64 Å². The van der Waals surface area contributed by atoms with Crippen LogP contribution in [0.4, 0.5) is 4.39 Å². The molecule has 1 saturated heterocycles. The van der Waals surface area contributed by atoms with E-state index in [4.69, 9.17) is 4.74 Å². The van der Waals surface area contributed by atoms with Crippen LogP contribution in [0.5, 0.6) is 0 Å². The number of halogens is 1. The van der Waals surface area contributed by atoms with Crippen LogP contribution in [0.3, 0.4) is 0 Å². The van der Waals surface area contributed by atoms with E-state index in [9.17, 15) is 9.18 Å². The minimum Gasteiger partial charge on any atom is -0.370 e. The molecule has 1 saturated carbocycles. The maximum atomic E-state index is 12.9. The summed E-state index contributed by atoms with van der Waals surface area (Å²) >= 11 is 0. The summed E-state index contributed by atoms with van der Waals surface area (Å²) in [5.74, 6) is 0.253. The Morgan fingerprint density at radius 1 is 1.28 bits per heavy atom. The number of carbonyl (C=O) groups is 1. The quantitative estimate of drug-likeness (QED) is 0.803. The summed E-state index contributed by atoms with van der Waals surface area (Å²) in [4.78, 5) is 13.9. The van der Waals surface area contributed by atoms with Gasteiger partial charge in [-0.1, -0.05) is 12.1 Å². The molecule has 1 unspecified atom stereocenters. The lowest BCUT2D eigenvalue weighted by atomic mass is 10.1. The Morgan fingerprint density at radius 2 is 2.00 bits per heavy atom. The van der Waals surface area contributed by atoms with Crippen molar-refractivity contribution in [2.45, 2.75) is 18.9 Å². The fraction of sp³-hybridized carbons (Fsp3) is 0.500. The average molecular weight is 249 g/mol. The van der Waals surface area contributed by atoms with Crippen LogP contribution in [-0.2, 0) is 9.53 Å². The SMILES string of the molecule is O=C(C1CC1)N1CCOC(c2ccc(F)cc2)C1. The van der Waals surface area contributed by atoms with Gasteiger partial charge in [-0.15, -0.1) is 0 Å². The molecular formula is C14H16FNO2. The summed E-state index contributed by atoms with van der Waals surface area (Å²) in [6, 6.07) is 6.32. The third-order valence-corrected chi connectivity index (χ3v) is 3.55. The molecule has 2 fully saturated rings. The molecule has 1 heterocycles. The fourth-order valence-electron chi connectivity index (χ4n) is 2.32. The molecule has 3 rings (SSSR count). The zero-order valence-corrected chi connectivity index (χ0v) is 10.1. The van der Waals surface area contributed by atoms with Crippen molar-refractivity contribution in [3.8, 4) is 0 Å². The first-order valence-electron chi connectivity index (χ1n) is 6.40. The minimum atomic E-state index is -0.250. The third kappa shape index (κ3) is 2.38. The van der Waals surface area contributed by atoms with E-state index < -0.39 is 0 Å². The molecule has 1 aromatic rings. The number of carbonyl (C=O) groups excluding carboxylic acids is 1. The highest BCUT2D eigenvalue weighted by Crippen LogP contribution is 2.33. The Kier molecular flexibility index (Phi) is 3.04. The highest BCUT2D eigenvalue weighted by atomic mass is 19.1. The smallest absolute Gasteiger partial charge is 0.225 e. The van der Waals surface area contributed by atoms with Gasteiger partial charge in [0.1, 0.15) is 11.9 Å². The van der Waals surface area contributed by atoms with E-state index >= 15 is 0 Å². The second-order valence-corrected chi connectivity index (χ2v) is 4.97. The van der Waals surface area contributed by atoms with Crippen LogP contribution in [0.1, 0.15) is 24.5 Å². The van der Waals surface area contributed by atoms with Gasteiger partial charge >= 0.3 is 0 Å². The monoisotopic (exact) mass is 249 g/mol. The van der Waals surface area contributed by atoms with Crippen molar-refractivity contribution in [2.75, 3.05) is 19.7 Å². The zero-order chi connectivity index (χ0) is 12.5. The lowest BCUT2D eigenvalue weighted by Crippen LogP contribution is -2.43. The molecule has 2 aliphatic rings.